The number of halogens is 1. The third-order valence-electron chi connectivity index (χ3n) is 3.99. The zero-order valence-corrected chi connectivity index (χ0v) is 16.3. The van der Waals surface area contributed by atoms with Crippen LogP contribution in [0.4, 0.5) is 4.39 Å². The van der Waals surface area contributed by atoms with Crippen molar-refractivity contribution in [2.75, 3.05) is 21.3 Å². The number of nitriles is 1. The molecule has 0 bridgehead atoms. The average Bonchev–Trinajstić information content (AvgIpc) is 3.21. The molecule has 3 aromatic rings. The van der Waals surface area contributed by atoms with E-state index in [2.05, 4.69) is 11.1 Å². The van der Waals surface area contributed by atoms with Crippen LogP contribution in [0.5, 0.6) is 17.2 Å². The summed E-state index contributed by atoms with van der Waals surface area (Å²) in [6.45, 7) is 0. The van der Waals surface area contributed by atoms with E-state index in [1.54, 1.807) is 30.3 Å². The molecule has 0 unspecified atom stereocenters. The molecule has 28 heavy (non-hydrogen) atoms. The van der Waals surface area contributed by atoms with Gasteiger partial charge in [-0.05, 0) is 48.0 Å². The monoisotopic (exact) mass is 396 g/mol. The van der Waals surface area contributed by atoms with Crippen LogP contribution in [0.25, 0.3) is 22.9 Å². The van der Waals surface area contributed by atoms with Gasteiger partial charge in [0.1, 0.15) is 16.9 Å². The van der Waals surface area contributed by atoms with Gasteiger partial charge < -0.3 is 14.2 Å². The van der Waals surface area contributed by atoms with Crippen LogP contribution in [-0.2, 0) is 0 Å². The topological polar surface area (TPSA) is 64.4 Å². The lowest BCUT2D eigenvalue weighted by molar-refractivity contribution is 0.324. The van der Waals surface area contributed by atoms with Gasteiger partial charge in [0.2, 0.25) is 5.75 Å². The minimum atomic E-state index is -0.306. The number of aromatic nitrogens is 1. The molecule has 142 valence electrons. The number of nitrogens with zero attached hydrogens (tertiary/aromatic N) is 2. The Hall–Kier alpha value is -3.37. The molecule has 2 aromatic carbocycles. The zero-order valence-electron chi connectivity index (χ0n) is 15.5. The molecule has 0 aliphatic rings. The van der Waals surface area contributed by atoms with Gasteiger partial charge in [-0.15, -0.1) is 11.3 Å². The second-order valence-electron chi connectivity index (χ2n) is 5.67. The molecule has 0 atom stereocenters. The Kier molecular flexibility index (Phi) is 5.92. The molecule has 7 heteroatoms. The molecule has 0 aliphatic heterocycles. The molecule has 0 amide bonds. The highest BCUT2D eigenvalue weighted by atomic mass is 32.1. The summed E-state index contributed by atoms with van der Waals surface area (Å²) < 4.78 is 29.1. The molecule has 0 spiro atoms. The molecule has 0 saturated carbocycles. The van der Waals surface area contributed by atoms with Gasteiger partial charge in [0, 0.05) is 10.9 Å². The normalized spacial score (nSPS) is 11.0. The van der Waals surface area contributed by atoms with Gasteiger partial charge in [0.05, 0.1) is 32.6 Å². The van der Waals surface area contributed by atoms with E-state index in [0.29, 0.717) is 39.1 Å². The van der Waals surface area contributed by atoms with Crippen molar-refractivity contribution in [3.8, 4) is 34.6 Å². The van der Waals surface area contributed by atoms with Gasteiger partial charge in [-0.1, -0.05) is 0 Å². The van der Waals surface area contributed by atoms with Gasteiger partial charge >= 0.3 is 0 Å². The standard InChI is InChI=1S/C21H17FN2O3S/c1-25-18-9-13(10-19(26-2)20(18)27-3)8-15(11-23)21-24-17(12-28-21)14-4-6-16(22)7-5-14/h4-10,12H,1-3H3/b15-8-. The summed E-state index contributed by atoms with van der Waals surface area (Å²) in [6, 6.07) is 11.8. The minimum Gasteiger partial charge on any atom is -0.493 e. The van der Waals surface area contributed by atoms with Crippen LogP contribution in [0.15, 0.2) is 41.8 Å². The first-order valence-electron chi connectivity index (χ1n) is 8.23. The molecule has 1 aromatic heterocycles. The Morgan fingerprint density at radius 1 is 1.07 bits per heavy atom. The van der Waals surface area contributed by atoms with E-state index in [1.807, 2.05) is 5.38 Å². The van der Waals surface area contributed by atoms with Gasteiger partial charge in [-0.2, -0.15) is 5.26 Å². The fourth-order valence-corrected chi connectivity index (χ4v) is 3.44. The van der Waals surface area contributed by atoms with E-state index < -0.39 is 0 Å². The highest BCUT2D eigenvalue weighted by Crippen LogP contribution is 2.39. The Balaban J connectivity index is 1.99. The van der Waals surface area contributed by atoms with Crippen molar-refractivity contribution < 1.29 is 18.6 Å². The predicted octanol–water partition coefficient (Wildman–Crippen LogP) is 5.04. The first-order chi connectivity index (χ1) is 13.6. The summed E-state index contributed by atoms with van der Waals surface area (Å²) in [5.74, 6) is 1.17. The maximum atomic E-state index is 13.1. The fourth-order valence-electron chi connectivity index (χ4n) is 2.64. The number of methoxy groups -OCH3 is 3. The lowest BCUT2D eigenvalue weighted by atomic mass is 10.1. The molecule has 0 radical (unpaired) electrons. The lowest BCUT2D eigenvalue weighted by Gasteiger charge is -2.13. The van der Waals surface area contributed by atoms with Crippen LogP contribution in [0.2, 0.25) is 0 Å². The first kappa shape index (κ1) is 19.4. The van der Waals surface area contributed by atoms with Crippen molar-refractivity contribution in [1.82, 2.24) is 4.98 Å². The molecule has 5 nitrogen and oxygen atoms in total. The second-order valence-corrected chi connectivity index (χ2v) is 6.53. The van der Waals surface area contributed by atoms with Crippen molar-refractivity contribution in [1.29, 1.82) is 5.26 Å². The maximum Gasteiger partial charge on any atom is 0.203 e. The van der Waals surface area contributed by atoms with Crippen molar-refractivity contribution >= 4 is 23.0 Å². The SMILES string of the molecule is COc1cc(/C=C(/C#N)c2nc(-c3ccc(F)cc3)cs2)cc(OC)c1OC. The van der Waals surface area contributed by atoms with Crippen LogP contribution in [0.3, 0.4) is 0 Å². The van der Waals surface area contributed by atoms with Crippen LogP contribution in [-0.4, -0.2) is 26.3 Å². The Morgan fingerprint density at radius 2 is 1.71 bits per heavy atom. The van der Waals surface area contributed by atoms with Gasteiger partial charge in [0.25, 0.3) is 0 Å². The zero-order chi connectivity index (χ0) is 20.1. The Labute approximate surface area is 166 Å². The molecule has 0 N–H and O–H groups in total. The summed E-state index contributed by atoms with van der Waals surface area (Å²) in [4.78, 5) is 4.51. The summed E-state index contributed by atoms with van der Waals surface area (Å²) in [7, 11) is 4.60. The second kappa shape index (κ2) is 8.55. The summed E-state index contributed by atoms with van der Waals surface area (Å²) in [5, 5.41) is 12.0. The summed E-state index contributed by atoms with van der Waals surface area (Å²) in [6.07, 6.45) is 1.71. The van der Waals surface area contributed by atoms with E-state index in [0.717, 1.165) is 5.56 Å². The van der Waals surface area contributed by atoms with E-state index in [4.69, 9.17) is 14.2 Å². The van der Waals surface area contributed by atoms with E-state index in [1.165, 1.54) is 44.8 Å². The predicted molar refractivity (Wildman–Crippen MR) is 107 cm³/mol. The van der Waals surface area contributed by atoms with Crippen LogP contribution < -0.4 is 14.2 Å². The van der Waals surface area contributed by atoms with Gasteiger partial charge in [-0.25, -0.2) is 9.37 Å². The number of thiazole rings is 1. The Bertz CT molecular complexity index is 1030. The highest BCUT2D eigenvalue weighted by molar-refractivity contribution is 7.11. The fraction of sp³-hybridized carbons (Fsp3) is 0.143. The lowest BCUT2D eigenvalue weighted by Crippen LogP contribution is -1.95. The van der Waals surface area contributed by atoms with Gasteiger partial charge in [-0.3, -0.25) is 0 Å². The molecular formula is C21H17FN2O3S. The number of benzene rings is 2. The maximum absolute atomic E-state index is 13.1. The molecule has 1 heterocycles. The molecule has 3 rings (SSSR count). The smallest absolute Gasteiger partial charge is 0.203 e. The number of allylic oxidation sites excluding steroid dienone is 1. The Morgan fingerprint density at radius 3 is 2.25 bits per heavy atom. The summed E-state index contributed by atoms with van der Waals surface area (Å²) >= 11 is 1.35. The van der Waals surface area contributed by atoms with Crippen LogP contribution in [0.1, 0.15) is 10.6 Å². The third kappa shape index (κ3) is 3.97. The van der Waals surface area contributed by atoms with E-state index >= 15 is 0 Å². The van der Waals surface area contributed by atoms with Crippen molar-refractivity contribution in [2.24, 2.45) is 0 Å². The minimum absolute atomic E-state index is 0.306. The molecule has 0 saturated heterocycles. The van der Waals surface area contributed by atoms with E-state index in [-0.39, 0.29) is 5.82 Å². The van der Waals surface area contributed by atoms with Crippen LogP contribution in [0, 0.1) is 17.1 Å². The molecule has 0 aliphatic carbocycles. The third-order valence-corrected chi connectivity index (χ3v) is 4.87. The quantitative estimate of drug-likeness (QED) is 0.546. The first-order valence-corrected chi connectivity index (χ1v) is 9.11. The number of hydrogen-bond donors (Lipinski definition) is 0. The number of hydrogen-bond acceptors (Lipinski definition) is 6. The van der Waals surface area contributed by atoms with Crippen LogP contribution >= 0.6 is 11.3 Å². The van der Waals surface area contributed by atoms with Crippen molar-refractivity contribution in [2.45, 2.75) is 0 Å². The summed E-state index contributed by atoms with van der Waals surface area (Å²) in [5.41, 5.74) is 2.58. The average molecular weight is 396 g/mol. The number of ether oxygens (including phenoxy) is 3. The largest absolute Gasteiger partial charge is 0.493 e. The van der Waals surface area contributed by atoms with E-state index in [9.17, 15) is 9.65 Å². The van der Waals surface area contributed by atoms with Crippen molar-refractivity contribution in [3.05, 3.63) is 58.2 Å². The van der Waals surface area contributed by atoms with Crippen molar-refractivity contribution in [3.63, 3.8) is 0 Å². The molecule has 0 fully saturated rings. The van der Waals surface area contributed by atoms with Gasteiger partial charge in [0.15, 0.2) is 11.5 Å². The number of rotatable bonds is 6. The molecular weight excluding hydrogens is 379 g/mol. The highest BCUT2D eigenvalue weighted by Gasteiger charge is 2.14.